The summed E-state index contributed by atoms with van der Waals surface area (Å²) in [5, 5.41) is 3.18. The Labute approximate surface area is 164 Å². The highest BCUT2D eigenvalue weighted by atomic mass is 16.5. The van der Waals surface area contributed by atoms with Crippen LogP contribution >= 0.6 is 0 Å². The number of piperazine rings is 1. The molecular weight excluding hydrogens is 338 g/mol. The van der Waals surface area contributed by atoms with E-state index in [1.807, 2.05) is 31.2 Å². The number of amides is 1. The maximum Gasteiger partial charge on any atom is 0.258 e. The summed E-state index contributed by atoms with van der Waals surface area (Å²) in [5.74, 6) is 0.738. The second-order valence-corrected chi connectivity index (χ2v) is 8.09. The van der Waals surface area contributed by atoms with E-state index in [1.54, 1.807) is 0 Å². The highest BCUT2D eigenvalue weighted by Gasteiger charge is 2.39. The van der Waals surface area contributed by atoms with E-state index in [4.69, 9.17) is 4.74 Å². The van der Waals surface area contributed by atoms with E-state index in [0.29, 0.717) is 0 Å². The number of hydrogen-bond donors (Lipinski definition) is 1. The van der Waals surface area contributed by atoms with Gasteiger partial charge in [0, 0.05) is 38.3 Å². The number of nitrogens with one attached hydrogen (secondary N) is 1. The van der Waals surface area contributed by atoms with Gasteiger partial charge in [-0.15, -0.1) is 0 Å². The summed E-state index contributed by atoms with van der Waals surface area (Å²) in [4.78, 5) is 17.6. The van der Waals surface area contributed by atoms with Crippen LogP contribution in [0.2, 0.25) is 0 Å². The van der Waals surface area contributed by atoms with Gasteiger partial charge in [-0.1, -0.05) is 38.3 Å². The highest BCUT2D eigenvalue weighted by molar-refractivity contribution is 5.77. The van der Waals surface area contributed by atoms with E-state index in [9.17, 15) is 4.79 Å². The molecule has 1 amide bonds. The van der Waals surface area contributed by atoms with Crippen LogP contribution in [0.1, 0.15) is 44.6 Å². The molecule has 1 aliphatic carbocycles. The zero-order valence-electron chi connectivity index (χ0n) is 17.0. The predicted molar refractivity (Wildman–Crippen MR) is 109 cm³/mol. The van der Waals surface area contributed by atoms with E-state index in [2.05, 4.69) is 22.0 Å². The average molecular weight is 374 g/mol. The molecule has 0 spiro atoms. The fraction of sp³-hybridized carbons (Fsp3) is 0.682. The van der Waals surface area contributed by atoms with Crippen molar-refractivity contribution in [2.45, 2.75) is 51.5 Å². The van der Waals surface area contributed by atoms with Gasteiger partial charge in [0.1, 0.15) is 5.75 Å². The first-order chi connectivity index (χ1) is 13.1. The standard InChI is InChI=1S/C22H35N3O2/c1-3-24-12-14-25(15-13-24)22(10-5-4-6-11-22)18-23-21(26)17-27-20-9-7-8-19(2)16-20/h7-9,16H,3-6,10-15,17-18H2,1-2H3,(H,23,26). The summed E-state index contributed by atoms with van der Waals surface area (Å²) in [6.45, 7) is 10.7. The molecule has 5 heteroatoms. The number of rotatable bonds is 7. The molecule has 1 saturated carbocycles. The Balaban J connectivity index is 1.52. The monoisotopic (exact) mass is 373 g/mol. The second kappa shape index (κ2) is 9.56. The highest BCUT2D eigenvalue weighted by Crippen LogP contribution is 2.34. The summed E-state index contributed by atoms with van der Waals surface area (Å²) < 4.78 is 5.66. The SMILES string of the molecule is CCN1CCN(C2(CNC(=O)COc3cccc(C)c3)CCCCC2)CC1. The molecule has 5 nitrogen and oxygen atoms in total. The molecular formula is C22H35N3O2. The lowest BCUT2D eigenvalue weighted by Crippen LogP contribution is -2.62. The van der Waals surface area contributed by atoms with Crippen molar-refractivity contribution in [1.29, 1.82) is 0 Å². The molecule has 0 unspecified atom stereocenters. The summed E-state index contributed by atoms with van der Waals surface area (Å²) in [6.07, 6.45) is 6.24. The van der Waals surface area contributed by atoms with Crippen molar-refractivity contribution in [2.24, 2.45) is 0 Å². The van der Waals surface area contributed by atoms with Crippen LogP contribution < -0.4 is 10.1 Å². The first-order valence-electron chi connectivity index (χ1n) is 10.5. The van der Waals surface area contributed by atoms with Gasteiger partial charge in [-0.2, -0.15) is 0 Å². The minimum atomic E-state index is -0.0198. The summed E-state index contributed by atoms with van der Waals surface area (Å²) in [6, 6.07) is 7.84. The molecule has 0 radical (unpaired) electrons. The van der Waals surface area contributed by atoms with Crippen LogP contribution in [0.25, 0.3) is 0 Å². The predicted octanol–water partition coefficient (Wildman–Crippen LogP) is 2.83. The molecule has 2 aliphatic rings. The van der Waals surface area contributed by atoms with Crippen molar-refractivity contribution in [3.8, 4) is 5.75 Å². The Morgan fingerprint density at radius 2 is 1.89 bits per heavy atom. The van der Waals surface area contributed by atoms with Crippen molar-refractivity contribution in [2.75, 3.05) is 45.9 Å². The number of ether oxygens (including phenoxy) is 1. The van der Waals surface area contributed by atoms with Gasteiger partial charge in [0.25, 0.3) is 5.91 Å². The lowest BCUT2D eigenvalue weighted by atomic mass is 9.79. The third kappa shape index (κ3) is 5.45. The van der Waals surface area contributed by atoms with E-state index in [0.717, 1.165) is 50.6 Å². The van der Waals surface area contributed by atoms with E-state index in [1.165, 1.54) is 32.1 Å². The summed E-state index contributed by atoms with van der Waals surface area (Å²) in [5.41, 5.74) is 1.28. The van der Waals surface area contributed by atoms with Gasteiger partial charge >= 0.3 is 0 Å². The van der Waals surface area contributed by atoms with E-state index >= 15 is 0 Å². The molecule has 1 N–H and O–H groups in total. The molecule has 1 aliphatic heterocycles. The molecule has 1 aromatic rings. The second-order valence-electron chi connectivity index (χ2n) is 8.09. The van der Waals surface area contributed by atoms with Gasteiger partial charge in [-0.05, 0) is 44.0 Å². The molecule has 0 aromatic heterocycles. The lowest BCUT2D eigenvalue weighted by molar-refractivity contribution is -0.124. The van der Waals surface area contributed by atoms with Crippen molar-refractivity contribution in [3.05, 3.63) is 29.8 Å². The van der Waals surface area contributed by atoms with Crippen LogP contribution in [0.4, 0.5) is 0 Å². The van der Waals surface area contributed by atoms with Crippen LogP contribution in [0, 0.1) is 6.92 Å². The van der Waals surface area contributed by atoms with Gasteiger partial charge in [0.15, 0.2) is 6.61 Å². The normalized spacial score (nSPS) is 21.0. The first-order valence-corrected chi connectivity index (χ1v) is 10.5. The maximum absolute atomic E-state index is 12.4. The number of hydrogen-bond acceptors (Lipinski definition) is 4. The molecule has 2 fully saturated rings. The molecule has 27 heavy (non-hydrogen) atoms. The average Bonchev–Trinajstić information content (AvgIpc) is 2.71. The Bertz CT molecular complexity index is 605. The minimum Gasteiger partial charge on any atom is -0.484 e. The lowest BCUT2D eigenvalue weighted by Gasteiger charge is -2.50. The zero-order valence-corrected chi connectivity index (χ0v) is 17.0. The number of carbonyl (C=O) groups excluding carboxylic acids is 1. The van der Waals surface area contributed by atoms with Gasteiger partial charge in [-0.3, -0.25) is 9.69 Å². The zero-order chi connectivity index (χ0) is 19.1. The molecule has 0 bridgehead atoms. The van der Waals surface area contributed by atoms with Gasteiger partial charge in [0.2, 0.25) is 0 Å². The molecule has 150 valence electrons. The number of carbonyl (C=O) groups is 1. The Kier molecular flexibility index (Phi) is 7.13. The Hall–Kier alpha value is -1.59. The minimum absolute atomic E-state index is 0.0198. The topological polar surface area (TPSA) is 44.8 Å². The number of benzene rings is 1. The third-order valence-corrected chi connectivity index (χ3v) is 6.25. The molecule has 1 saturated heterocycles. The maximum atomic E-state index is 12.4. The van der Waals surface area contributed by atoms with Crippen molar-refractivity contribution < 1.29 is 9.53 Å². The van der Waals surface area contributed by atoms with E-state index in [-0.39, 0.29) is 18.1 Å². The quantitative estimate of drug-likeness (QED) is 0.798. The van der Waals surface area contributed by atoms with Crippen LogP contribution in [0.5, 0.6) is 5.75 Å². The first kappa shape index (κ1) is 20.2. The number of aryl methyl sites for hydroxylation is 1. The Morgan fingerprint density at radius 1 is 1.15 bits per heavy atom. The molecule has 0 atom stereocenters. The van der Waals surface area contributed by atoms with Crippen molar-refractivity contribution in [3.63, 3.8) is 0 Å². The van der Waals surface area contributed by atoms with Crippen molar-refractivity contribution >= 4 is 5.91 Å². The summed E-state index contributed by atoms with van der Waals surface area (Å²) in [7, 11) is 0. The molecule has 3 rings (SSSR count). The van der Waals surface area contributed by atoms with Gasteiger partial charge in [-0.25, -0.2) is 0 Å². The fourth-order valence-corrected chi connectivity index (χ4v) is 4.52. The summed E-state index contributed by atoms with van der Waals surface area (Å²) >= 11 is 0. The smallest absolute Gasteiger partial charge is 0.258 e. The van der Waals surface area contributed by atoms with Crippen molar-refractivity contribution in [1.82, 2.24) is 15.1 Å². The number of likely N-dealkylation sites (N-methyl/N-ethyl adjacent to an activating group) is 1. The van der Waals surface area contributed by atoms with E-state index < -0.39 is 0 Å². The molecule has 1 heterocycles. The third-order valence-electron chi connectivity index (χ3n) is 6.25. The molecule has 1 aromatic carbocycles. The van der Waals surface area contributed by atoms with Crippen LogP contribution in [-0.2, 0) is 4.79 Å². The van der Waals surface area contributed by atoms with Crippen LogP contribution in [0.15, 0.2) is 24.3 Å². The largest absolute Gasteiger partial charge is 0.484 e. The van der Waals surface area contributed by atoms with Gasteiger partial charge in [0.05, 0.1) is 0 Å². The Morgan fingerprint density at radius 3 is 2.56 bits per heavy atom. The number of nitrogens with zero attached hydrogens (tertiary/aromatic N) is 2. The van der Waals surface area contributed by atoms with Crippen LogP contribution in [-0.4, -0.2) is 67.1 Å². The van der Waals surface area contributed by atoms with Crippen LogP contribution in [0.3, 0.4) is 0 Å². The fourth-order valence-electron chi connectivity index (χ4n) is 4.52. The van der Waals surface area contributed by atoms with Gasteiger partial charge < -0.3 is 15.0 Å².